The van der Waals surface area contributed by atoms with Crippen LogP contribution in [-0.4, -0.2) is 78.4 Å². The molecule has 2 unspecified atom stereocenters. The van der Waals surface area contributed by atoms with Crippen LogP contribution in [0.1, 0.15) is 26.7 Å². The summed E-state index contributed by atoms with van der Waals surface area (Å²) in [5.74, 6) is -5.58. The Morgan fingerprint density at radius 1 is 1.03 bits per heavy atom. The summed E-state index contributed by atoms with van der Waals surface area (Å²) in [5, 5.41) is 20.8. The van der Waals surface area contributed by atoms with Crippen LogP contribution in [0.4, 0.5) is 8.78 Å². The van der Waals surface area contributed by atoms with E-state index in [2.05, 4.69) is 30.1 Å². The number of ether oxygens (including phenoxy) is 4. The van der Waals surface area contributed by atoms with Gasteiger partial charge in [-0.3, -0.25) is 9.59 Å². The highest BCUT2D eigenvalue weighted by Gasteiger charge is 2.56. The zero-order chi connectivity index (χ0) is 25.5. The summed E-state index contributed by atoms with van der Waals surface area (Å²) >= 11 is 0. The lowest BCUT2D eigenvalue weighted by Crippen LogP contribution is -2.61. The molecular weight excluding hydrogens is 468 g/mol. The van der Waals surface area contributed by atoms with Crippen molar-refractivity contribution in [1.82, 2.24) is 0 Å². The van der Waals surface area contributed by atoms with Gasteiger partial charge in [0.15, 0.2) is 12.4 Å². The Kier molecular flexibility index (Phi) is 9.20. The zero-order valence-corrected chi connectivity index (χ0v) is 17.9. The largest absolute Gasteiger partial charge is 0.459 e. The van der Waals surface area contributed by atoms with Crippen LogP contribution in [0.5, 0.6) is 0 Å². The van der Waals surface area contributed by atoms with Crippen molar-refractivity contribution in [2.24, 2.45) is 15.3 Å². The highest BCUT2D eigenvalue weighted by Crippen LogP contribution is 2.39. The van der Waals surface area contributed by atoms with Crippen LogP contribution in [0.25, 0.3) is 31.3 Å². The van der Waals surface area contributed by atoms with Crippen LogP contribution in [-0.2, 0) is 28.5 Å². The quantitative estimate of drug-likeness (QED) is 0.231. The van der Waals surface area contributed by atoms with E-state index in [-0.39, 0.29) is 6.42 Å². The Morgan fingerprint density at radius 2 is 1.62 bits per heavy atom. The van der Waals surface area contributed by atoms with Crippen molar-refractivity contribution in [3.05, 3.63) is 31.3 Å². The van der Waals surface area contributed by atoms with Gasteiger partial charge < -0.3 is 24.1 Å². The van der Waals surface area contributed by atoms with E-state index in [1.807, 2.05) is 0 Å². The molecule has 2 fully saturated rings. The van der Waals surface area contributed by atoms with Crippen molar-refractivity contribution in [3.63, 3.8) is 0 Å². The number of esters is 2. The maximum absolute atomic E-state index is 14.7. The van der Waals surface area contributed by atoms with E-state index in [4.69, 9.17) is 35.5 Å². The molecule has 0 amide bonds. The van der Waals surface area contributed by atoms with Gasteiger partial charge in [-0.1, -0.05) is 15.3 Å². The summed E-state index contributed by atoms with van der Waals surface area (Å²) in [5.41, 5.74) is 26.2. The van der Waals surface area contributed by atoms with Crippen molar-refractivity contribution < 1.29 is 42.4 Å². The van der Waals surface area contributed by atoms with E-state index >= 15 is 0 Å². The smallest absolute Gasteiger partial charge is 0.310 e. The predicted molar refractivity (Wildman–Crippen MR) is 105 cm³/mol. The fourth-order valence-electron chi connectivity index (χ4n) is 3.76. The molecule has 1 N–H and O–H groups in total. The molecule has 0 radical (unpaired) electrons. The number of aliphatic hydroxyl groups excluding tert-OH is 1. The molecule has 34 heavy (non-hydrogen) atoms. The minimum atomic E-state index is -3.75. The number of alkyl halides is 2. The molecule has 8 atom stereocenters. The molecule has 1 saturated carbocycles. The predicted octanol–water partition coefficient (Wildman–Crippen LogP) is 2.42. The number of hydrogen-bond donors (Lipinski definition) is 1. The second-order valence-electron chi connectivity index (χ2n) is 7.42. The second-order valence-corrected chi connectivity index (χ2v) is 7.42. The standard InChI is InChI=1S/C16H21F2N9O7/c1-6(28)31-10-4-12(33-11(5-22-25-19)16(10,17)18)34-15-9(24-27-21)3-8(23-26-20)14(13(15)30)32-7(2)29/h8-15,30H,3-5H2,1-2H3/t8?,9?,10-,11-,12-,13-,14+,15-/m1/s1. The average Bonchev–Trinajstić information content (AvgIpc) is 2.74. The molecule has 2 rings (SSSR count). The Balaban J connectivity index is 2.36. The number of carbonyl (C=O) groups excluding carboxylic acids is 2. The SMILES string of the molecule is CC(=O)O[C@H]1C(N=[N+]=[N-])CC(N=[N+]=[N-])[C@@H](O[C@@H]2C[C@@H](OC(C)=O)C(F)(F)[C@@H](CN=[N+]=[N-])O2)[C@@H]1O. The van der Waals surface area contributed by atoms with E-state index in [1.165, 1.54) is 0 Å². The van der Waals surface area contributed by atoms with E-state index < -0.39 is 79.7 Å². The zero-order valence-electron chi connectivity index (χ0n) is 17.9. The molecule has 186 valence electrons. The minimum absolute atomic E-state index is 0.216. The van der Waals surface area contributed by atoms with E-state index in [9.17, 15) is 23.5 Å². The van der Waals surface area contributed by atoms with Crippen LogP contribution in [0.15, 0.2) is 15.3 Å². The van der Waals surface area contributed by atoms with Gasteiger partial charge in [-0.25, -0.2) is 0 Å². The summed E-state index contributed by atoms with van der Waals surface area (Å²) in [4.78, 5) is 30.5. The highest BCUT2D eigenvalue weighted by molar-refractivity contribution is 5.66. The number of aliphatic hydroxyl groups is 1. The summed E-state index contributed by atoms with van der Waals surface area (Å²) in [7, 11) is 0. The highest BCUT2D eigenvalue weighted by atomic mass is 19.3. The van der Waals surface area contributed by atoms with Crippen molar-refractivity contribution >= 4 is 11.9 Å². The van der Waals surface area contributed by atoms with Crippen LogP contribution in [0, 0.1) is 0 Å². The molecule has 1 aliphatic carbocycles. The van der Waals surface area contributed by atoms with Crippen molar-refractivity contribution in [3.8, 4) is 0 Å². The number of halogens is 2. The first-order valence-electron chi connectivity index (χ1n) is 9.85. The average molecular weight is 489 g/mol. The van der Waals surface area contributed by atoms with Gasteiger partial charge in [0, 0.05) is 35.0 Å². The first-order valence-corrected chi connectivity index (χ1v) is 9.85. The van der Waals surface area contributed by atoms with E-state index in [1.54, 1.807) is 0 Å². The molecule has 1 aliphatic heterocycles. The third-order valence-corrected chi connectivity index (χ3v) is 5.13. The van der Waals surface area contributed by atoms with Crippen molar-refractivity contribution in [2.75, 3.05) is 6.54 Å². The minimum Gasteiger partial charge on any atom is -0.459 e. The number of rotatable bonds is 8. The lowest BCUT2D eigenvalue weighted by Gasteiger charge is -2.45. The molecule has 18 heteroatoms. The molecule has 16 nitrogen and oxygen atoms in total. The van der Waals surface area contributed by atoms with E-state index in [0.29, 0.717) is 0 Å². The van der Waals surface area contributed by atoms with Crippen molar-refractivity contribution in [1.29, 1.82) is 0 Å². The number of nitrogens with zero attached hydrogens (tertiary/aromatic N) is 9. The lowest BCUT2D eigenvalue weighted by atomic mass is 9.84. The third kappa shape index (κ3) is 6.35. The number of azide groups is 3. The Bertz CT molecular complexity index is 905. The third-order valence-electron chi connectivity index (χ3n) is 5.13. The first-order chi connectivity index (χ1) is 16.0. The van der Waals surface area contributed by atoms with Gasteiger partial charge in [-0.2, -0.15) is 8.78 Å². The molecule has 1 saturated heterocycles. The molecule has 0 aromatic heterocycles. The first kappa shape index (κ1) is 26.9. The Hall–Kier alpha value is -3.39. The van der Waals surface area contributed by atoms with Crippen LogP contribution < -0.4 is 0 Å². The normalized spacial score (nSPS) is 34.4. The summed E-state index contributed by atoms with van der Waals surface area (Å²) in [6, 6.07) is -2.31. The van der Waals surface area contributed by atoms with Gasteiger partial charge in [0.05, 0.1) is 24.7 Å². The summed E-state index contributed by atoms with van der Waals surface area (Å²) in [6.07, 6.45) is -11.1. The summed E-state index contributed by atoms with van der Waals surface area (Å²) < 4.78 is 50.1. The Morgan fingerprint density at radius 3 is 2.15 bits per heavy atom. The maximum atomic E-state index is 14.7. The topological polar surface area (TPSA) is 238 Å². The van der Waals surface area contributed by atoms with Crippen LogP contribution in [0.2, 0.25) is 0 Å². The Labute approximate surface area is 190 Å². The second kappa shape index (κ2) is 11.7. The fraction of sp³-hybridized carbons (Fsp3) is 0.875. The molecule has 1 heterocycles. The van der Waals surface area contributed by atoms with Gasteiger partial charge >= 0.3 is 17.9 Å². The molecule has 0 spiro atoms. The molecular formula is C16H21F2N9O7. The van der Waals surface area contributed by atoms with Gasteiger partial charge in [-0.15, -0.1) is 0 Å². The molecule has 0 aromatic rings. The summed E-state index contributed by atoms with van der Waals surface area (Å²) in [6.45, 7) is 1.14. The number of hydrogen-bond acceptors (Lipinski definition) is 10. The molecule has 0 bridgehead atoms. The van der Waals surface area contributed by atoms with Gasteiger partial charge in [0.25, 0.3) is 0 Å². The number of carbonyl (C=O) groups is 2. The van der Waals surface area contributed by atoms with Crippen LogP contribution in [0.3, 0.4) is 0 Å². The van der Waals surface area contributed by atoms with E-state index in [0.717, 1.165) is 13.8 Å². The fourth-order valence-corrected chi connectivity index (χ4v) is 3.76. The molecule has 2 aliphatic rings. The van der Waals surface area contributed by atoms with Gasteiger partial charge in [-0.05, 0) is 23.0 Å². The van der Waals surface area contributed by atoms with Crippen LogP contribution >= 0.6 is 0 Å². The van der Waals surface area contributed by atoms with Gasteiger partial charge in [0.1, 0.15) is 18.3 Å². The van der Waals surface area contributed by atoms with Crippen molar-refractivity contribution in [2.45, 2.75) is 81.5 Å². The van der Waals surface area contributed by atoms with Gasteiger partial charge in [0.2, 0.25) is 0 Å². The maximum Gasteiger partial charge on any atom is 0.310 e. The lowest BCUT2D eigenvalue weighted by molar-refractivity contribution is -0.319. The monoisotopic (exact) mass is 489 g/mol. The molecule has 0 aromatic carbocycles.